The van der Waals surface area contributed by atoms with Crippen molar-refractivity contribution in [2.45, 2.75) is 12.5 Å². The second kappa shape index (κ2) is 6.48. The van der Waals surface area contributed by atoms with Gasteiger partial charge in [0, 0.05) is 4.47 Å². The van der Waals surface area contributed by atoms with E-state index in [-0.39, 0.29) is 11.1 Å². The van der Waals surface area contributed by atoms with Crippen LogP contribution in [0.2, 0.25) is 5.02 Å². The molecule has 0 fully saturated rings. The van der Waals surface area contributed by atoms with Crippen molar-refractivity contribution in [2.75, 3.05) is 0 Å². The molecule has 5 heteroatoms. The van der Waals surface area contributed by atoms with Gasteiger partial charge in [-0.1, -0.05) is 51.8 Å². The van der Waals surface area contributed by atoms with Crippen LogP contribution >= 0.6 is 27.5 Å². The third-order valence-corrected chi connectivity index (χ3v) is 3.82. The Morgan fingerprint density at radius 3 is 2.68 bits per heavy atom. The summed E-state index contributed by atoms with van der Waals surface area (Å²) in [7, 11) is 0. The molecule has 2 nitrogen and oxygen atoms in total. The monoisotopic (exact) mass is 342 g/mol. The Hall–Kier alpha value is -0.940. The third kappa shape index (κ3) is 3.54. The summed E-state index contributed by atoms with van der Waals surface area (Å²) in [6.07, 6.45) is 0.517. The van der Waals surface area contributed by atoms with E-state index in [0.717, 1.165) is 15.6 Å². The fourth-order valence-electron chi connectivity index (χ4n) is 1.92. The van der Waals surface area contributed by atoms with Crippen LogP contribution in [0.25, 0.3) is 0 Å². The second-order valence-corrected chi connectivity index (χ2v) is 5.48. The van der Waals surface area contributed by atoms with Gasteiger partial charge in [0.05, 0.1) is 11.1 Å². The summed E-state index contributed by atoms with van der Waals surface area (Å²) in [6, 6.07) is 12.5. The van der Waals surface area contributed by atoms with Gasteiger partial charge in [-0.25, -0.2) is 4.39 Å². The van der Waals surface area contributed by atoms with Crippen LogP contribution in [0.5, 0.6) is 0 Å². The Morgan fingerprint density at radius 2 is 2.00 bits per heavy atom. The SMILES string of the molecule is NNC(Cc1cccc(F)c1Cl)c1cccc(Br)c1. The Balaban J connectivity index is 2.26. The van der Waals surface area contributed by atoms with E-state index in [0.29, 0.717) is 6.42 Å². The fraction of sp³-hybridized carbons (Fsp3) is 0.143. The largest absolute Gasteiger partial charge is 0.271 e. The molecule has 0 bridgehead atoms. The highest BCUT2D eigenvalue weighted by atomic mass is 79.9. The highest BCUT2D eigenvalue weighted by Gasteiger charge is 2.14. The molecular formula is C14H13BrClFN2. The molecule has 2 rings (SSSR count). The third-order valence-electron chi connectivity index (χ3n) is 2.91. The molecule has 0 aliphatic heterocycles. The maximum absolute atomic E-state index is 13.4. The number of nitrogens with one attached hydrogen (secondary N) is 1. The lowest BCUT2D eigenvalue weighted by Gasteiger charge is -2.17. The summed E-state index contributed by atoms with van der Waals surface area (Å²) in [6.45, 7) is 0. The molecule has 0 saturated heterocycles. The van der Waals surface area contributed by atoms with Crippen molar-refractivity contribution < 1.29 is 4.39 Å². The van der Waals surface area contributed by atoms with E-state index in [1.807, 2.05) is 24.3 Å². The summed E-state index contributed by atoms with van der Waals surface area (Å²) >= 11 is 9.38. The summed E-state index contributed by atoms with van der Waals surface area (Å²) < 4.78 is 14.4. The molecule has 0 heterocycles. The Morgan fingerprint density at radius 1 is 1.26 bits per heavy atom. The van der Waals surface area contributed by atoms with Crippen molar-refractivity contribution in [2.24, 2.45) is 5.84 Å². The van der Waals surface area contributed by atoms with Crippen LogP contribution < -0.4 is 11.3 Å². The number of halogens is 3. The molecule has 2 aromatic rings. The number of hydrazine groups is 1. The number of nitrogens with two attached hydrogens (primary N) is 1. The van der Waals surface area contributed by atoms with E-state index in [2.05, 4.69) is 21.4 Å². The summed E-state index contributed by atoms with van der Waals surface area (Å²) in [5.74, 6) is 5.18. The van der Waals surface area contributed by atoms with Crippen LogP contribution in [0.3, 0.4) is 0 Å². The molecule has 1 unspecified atom stereocenters. The quantitative estimate of drug-likeness (QED) is 0.651. The van der Waals surface area contributed by atoms with E-state index in [1.165, 1.54) is 6.07 Å². The maximum atomic E-state index is 13.4. The standard InChI is InChI=1S/C14H13BrClFN2/c15-11-5-1-3-9(7-11)13(19-18)8-10-4-2-6-12(17)14(10)16/h1-7,13,19H,8,18H2. The van der Waals surface area contributed by atoms with Crippen molar-refractivity contribution in [3.8, 4) is 0 Å². The van der Waals surface area contributed by atoms with E-state index < -0.39 is 5.82 Å². The minimum absolute atomic E-state index is 0.128. The van der Waals surface area contributed by atoms with Crippen LogP contribution in [-0.2, 0) is 6.42 Å². The highest BCUT2D eigenvalue weighted by molar-refractivity contribution is 9.10. The average Bonchev–Trinajstić information content (AvgIpc) is 2.40. The van der Waals surface area contributed by atoms with Gasteiger partial charge in [0.15, 0.2) is 0 Å². The Bertz CT molecular complexity index is 577. The maximum Gasteiger partial charge on any atom is 0.142 e. The summed E-state index contributed by atoms with van der Waals surface area (Å²) in [5, 5.41) is 0.151. The van der Waals surface area contributed by atoms with Gasteiger partial charge in [-0.2, -0.15) is 0 Å². The predicted molar refractivity (Wildman–Crippen MR) is 79.3 cm³/mol. The first-order valence-corrected chi connectivity index (χ1v) is 6.93. The zero-order valence-corrected chi connectivity index (χ0v) is 12.4. The van der Waals surface area contributed by atoms with Crippen molar-refractivity contribution in [1.29, 1.82) is 0 Å². The van der Waals surface area contributed by atoms with E-state index >= 15 is 0 Å². The minimum atomic E-state index is -0.413. The lowest BCUT2D eigenvalue weighted by atomic mass is 9.99. The van der Waals surface area contributed by atoms with E-state index in [1.54, 1.807) is 12.1 Å². The van der Waals surface area contributed by atoms with Gasteiger partial charge in [0.2, 0.25) is 0 Å². The van der Waals surface area contributed by atoms with Gasteiger partial charge < -0.3 is 0 Å². The van der Waals surface area contributed by atoms with Gasteiger partial charge in [0.25, 0.3) is 0 Å². The first-order valence-electron chi connectivity index (χ1n) is 5.76. The van der Waals surface area contributed by atoms with Crippen LogP contribution in [0, 0.1) is 5.82 Å². The van der Waals surface area contributed by atoms with Gasteiger partial charge in [0.1, 0.15) is 5.82 Å². The molecule has 0 aliphatic carbocycles. The first kappa shape index (κ1) is 14.5. The molecule has 1 atom stereocenters. The van der Waals surface area contributed by atoms with Crippen LogP contribution in [0.15, 0.2) is 46.9 Å². The number of rotatable bonds is 4. The molecular weight excluding hydrogens is 331 g/mol. The van der Waals surface area contributed by atoms with Crippen LogP contribution in [-0.4, -0.2) is 0 Å². The molecule has 0 amide bonds. The summed E-state index contributed by atoms with van der Waals surface area (Å²) in [4.78, 5) is 0. The lowest BCUT2D eigenvalue weighted by Crippen LogP contribution is -2.29. The van der Waals surface area contributed by atoms with Crippen molar-refractivity contribution in [3.05, 3.63) is 68.9 Å². The number of hydrogen-bond donors (Lipinski definition) is 2. The molecule has 100 valence electrons. The topological polar surface area (TPSA) is 38.0 Å². The molecule has 0 spiro atoms. The Kier molecular flexibility index (Phi) is 4.93. The predicted octanol–water partition coefficient (Wildman–Crippen LogP) is 3.99. The number of hydrogen-bond acceptors (Lipinski definition) is 2. The Labute approximate surface area is 124 Å². The average molecular weight is 344 g/mol. The lowest BCUT2D eigenvalue weighted by molar-refractivity contribution is 0.548. The van der Waals surface area contributed by atoms with Gasteiger partial charge in [-0.15, -0.1) is 0 Å². The molecule has 19 heavy (non-hydrogen) atoms. The molecule has 0 radical (unpaired) electrons. The van der Waals surface area contributed by atoms with Crippen molar-refractivity contribution >= 4 is 27.5 Å². The zero-order valence-electron chi connectivity index (χ0n) is 10.0. The van der Waals surface area contributed by atoms with Crippen LogP contribution in [0.4, 0.5) is 4.39 Å². The van der Waals surface area contributed by atoms with Crippen LogP contribution in [0.1, 0.15) is 17.2 Å². The first-order chi connectivity index (χ1) is 9.11. The van der Waals surface area contributed by atoms with Gasteiger partial charge in [-0.3, -0.25) is 11.3 Å². The second-order valence-electron chi connectivity index (χ2n) is 4.19. The van der Waals surface area contributed by atoms with Crippen molar-refractivity contribution in [1.82, 2.24) is 5.43 Å². The van der Waals surface area contributed by atoms with E-state index in [9.17, 15) is 4.39 Å². The molecule has 2 aromatic carbocycles. The smallest absolute Gasteiger partial charge is 0.142 e. The molecule has 3 N–H and O–H groups in total. The molecule has 0 saturated carbocycles. The fourth-order valence-corrected chi connectivity index (χ4v) is 2.54. The highest BCUT2D eigenvalue weighted by Crippen LogP contribution is 2.26. The minimum Gasteiger partial charge on any atom is -0.271 e. The zero-order chi connectivity index (χ0) is 13.8. The number of benzene rings is 2. The van der Waals surface area contributed by atoms with Crippen molar-refractivity contribution in [3.63, 3.8) is 0 Å². The van der Waals surface area contributed by atoms with E-state index in [4.69, 9.17) is 17.4 Å². The summed E-state index contributed by atoms with van der Waals surface area (Å²) in [5.41, 5.74) is 4.48. The van der Waals surface area contributed by atoms with Gasteiger partial charge in [-0.05, 0) is 35.7 Å². The van der Waals surface area contributed by atoms with Gasteiger partial charge >= 0.3 is 0 Å². The normalized spacial score (nSPS) is 12.4. The molecule has 0 aromatic heterocycles. The molecule has 0 aliphatic rings.